The number of aromatic nitrogens is 4. The number of alkyl halides is 4. The summed E-state index contributed by atoms with van der Waals surface area (Å²) >= 11 is 12.2. The zero-order valence-electron chi connectivity index (χ0n) is 19.2. The highest BCUT2D eigenvalue weighted by Gasteiger charge is 2.66. The lowest BCUT2D eigenvalue weighted by Crippen LogP contribution is -2.52. The first kappa shape index (κ1) is 25.6. The Balaban J connectivity index is 1.75. The molecule has 0 fully saturated rings. The van der Waals surface area contributed by atoms with Gasteiger partial charge in [0.25, 0.3) is 0 Å². The third kappa shape index (κ3) is 3.91. The van der Waals surface area contributed by atoms with Crippen LogP contribution in [0.4, 0.5) is 17.6 Å². The molecule has 0 spiro atoms. The summed E-state index contributed by atoms with van der Waals surface area (Å²) in [6.45, 7) is 1.46. The van der Waals surface area contributed by atoms with Crippen molar-refractivity contribution in [1.29, 1.82) is 0 Å². The highest BCUT2D eigenvalue weighted by Crippen LogP contribution is 2.48. The van der Waals surface area contributed by atoms with Gasteiger partial charge in [-0.15, -0.1) is 0 Å². The molecule has 0 unspecified atom stereocenters. The van der Waals surface area contributed by atoms with Gasteiger partial charge in [-0.25, -0.2) is 18.4 Å². The minimum absolute atomic E-state index is 0.0322. The maximum atomic E-state index is 13.7. The van der Waals surface area contributed by atoms with Crippen molar-refractivity contribution in [3.05, 3.63) is 40.4 Å². The minimum Gasteiger partial charge on any atom is -0.421 e. The monoisotopic (exact) mass is 578 g/mol. The van der Waals surface area contributed by atoms with Gasteiger partial charge in [0.05, 0.1) is 26.8 Å². The predicted octanol–water partition coefficient (Wildman–Crippen LogP) is 5.70. The minimum atomic E-state index is -4.90. The third-order valence-corrected chi connectivity index (χ3v) is 8.42. The number of benzene rings is 2. The van der Waals surface area contributed by atoms with Gasteiger partial charge >= 0.3 is 12.2 Å². The molecule has 0 N–H and O–H groups in total. The number of aryl methyl sites for hydroxylation is 1. The van der Waals surface area contributed by atoms with Crippen LogP contribution in [0.3, 0.4) is 0 Å². The van der Waals surface area contributed by atoms with Gasteiger partial charge in [0, 0.05) is 31.8 Å². The average Bonchev–Trinajstić information content (AvgIpc) is 3.31. The molecule has 1 aliphatic rings. The highest BCUT2D eigenvalue weighted by molar-refractivity contribution is 7.91. The molecule has 15 heteroatoms. The molecule has 196 valence electrons. The molecule has 0 amide bonds. The predicted molar refractivity (Wildman–Crippen MR) is 127 cm³/mol. The third-order valence-electron chi connectivity index (χ3n) is 5.87. The molecule has 0 saturated carbocycles. The molecule has 2 aromatic carbocycles. The lowest BCUT2D eigenvalue weighted by Gasteiger charge is -2.31. The van der Waals surface area contributed by atoms with Crippen molar-refractivity contribution in [2.75, 3.05) is 5.75 Å². The van der Waals surface area contributed by atoms with Crippen molar-refractivity contribution in [3.63, 3.8) is 0 Å². The number of imidazole rings is 2. The summed E-state index contributed by atoms with van der Waals surface area (Å²) < 4.78 is 92.1. The van der Waals surface area contributed by atoms with E-state index in [0.717, 1.165) is 12.1 Å². The van der Waals surface area contributed by atoms with Crippen LogP contribution in [0.2, 0.25) is 10.0 Å². The summed E-state index contributed by atoms with van der Waals surface area (Å²) in [5, 5.41) is 0.358. The standard InChI is InChI=1S/C22H16Cl2F4N4O4S/c1-4-37(33,34)20-17(30-18(32(20)3)10-5-6-11(23)12(24)7-10)19-29-13-8-15-16(9-14(13)31(19)2)36-22(27,28)21(25,26)35-15/h5-9H,4H2,1-3H3. The summed E-state index contributed by atoms with van der Waals surface area (Å²) in [5.41, 5.74) is 0.665. The number of halogens is 6. The number of ether oxygens (including phenoxy) is 2. The smallest absolute Gasteiger partial charge is 0.421 e. The molecule has 37 heavy (non-hydrogen) atoms. The fraction of sp³-hybridized carbons (Fsp3) is 0.273. The zero-order chi connectivity index (χ0) is 27.1. The Hall–Kier alpha value is -3.03. The molecular formula is C22H16Cl2F4N4O4S. The van der Waals surface area contributed by atoms with Crippen molar-refractivity contribution < 1.29 is 35.5 Å². The summed E-state index contributed by atoms with van der Waals surface area (Å²) in [4.78, 5) is 8.90. The maximum Gasteiger partial charge on any atom is 0.507 e. The van der Waals surface area contributed by atoms with Crippen molar-refractivity contribution in [3.8, 4) is 34.4 Å². The molecule has 0 aliphatic carbocycles. The molecular weight excluding hydrogens is 563 g/mol. The number of nitrogens with zero attached hydrogens (tertiary/aromatic N) is 4. The SMILES string of the molecule is CCS(=O)(=O)c1c(-c2nc3cc4c(cc3n2C)OC(F)(F)C(F)(F)O4)nc(-c2ccc(Cl)c(Cl)c2)n1C. The maximum absolute atomic E-state index is 13.7. The van der Waals surface area contributed by atoms with Crippen LogP contribution in [-0.2, 0) is 23.9 Å². The van der Waals surface area contributed by atoms with Gasteiger partial charge in [-0.05, 0) is 18.2 Å². The fourth-order valence-electron chi connectivity index (χ4n) is 3.98. The Morgan fingerprint density at radius 1 is 0.892 bits per heavy atom. The molecule has 8 nitrogen and oxygen atoms in total. The van der Waals surface area contributed by atoms with Gasteiger partial charge in [0.1, 0.15) is 11.5 Å². The molecule has 0 saturated heterocycles. The second-order valence-electron chi connectivity index (χ2n) is 8.20. The first-order chi connectivity index (χ1) is 17.2. The van der Waals surface area contributed by atoms with E-state index < -0.39 is 33.6 Å². The molecule has 4 aromatic rings. The van der Waals surface area contributed by atoms with E-state index in [2.05, 4.69) is 19.4 Å². The van der Waals surface area contributed by atoms with E-state index in [1.807, 2.05) is 0 Å². The van der Waals surface area contributed by atoms with Crippen LogP contribution in [0.25, 0.3) is 33.9 Å². The van der Waals surface area contributed by atoms with Gasteiger partial charge in [0.2, 0.25) is 0 Å². The van der Waals surface area contributed by atoms with E-state index >= 15 is 0 Å². The Bertz CT molecular complexity index is 1700. The van der Waals surface area contributed by atoms with Gasteiger partial charge in [0.15, 0.2) is 32.2 Å². The van der Waals surface area contributed by atoms with Crippen molar-refractivity contribution in [2.24, 2.45) is 14.1 Å². The molecule has 5 rings (SSSR count). The van der Waals surface area contributed by atoms with E-state index in [4.69, 9.17) is 23.2 Å². The Kier molecular flexibility index (Phi) is 5.70. The van der Waals surface area contributed by atoms with E-state index in [9.17, 15) is 26.0 Å². The van der Waals surface area contributed by atoms with E-state index in [0.29, 0.717) is 10.6 Å². The van der Waals surface area contributed by atoms with E-state index in [1.165, 1.54) is 42.3 Å². The van der Waals surface area contributed by atoms with Crippen molar-refractivity contribution in [2.45, 2.75) is 24.2 Å². The number of rotatable bonds is 4. The molecule has 0 bridgehead atoms. The fourth-order valence-corrected chi connectivity index (χ4v) is 5.49. The van der Waals surface area contributed by atoms with Crippen molar-refractivity contribution >= 4 is 44.1 Å². The first-order valence-electron chi connectivity index (χ1n) is 10.6. The second kappa shape index (κ2) is 8.23. The van der Waals surface area contributed by atoms with Crippen molar-refractivity contribution in [1.82, 2.24) is 19.1 Å². The number of hydrogen-bond donors (Lipinski definition) is 0. The van der Waals surface area contributed by atoms with Crippen LogP contribution in [-0.4, -0.2) is 45.5 Å². The number of fused-ring (bicyclic) bond motifs is 2. The normalized spacial score (nSPS) is 16.4. The lowest BCUT2D eigenvalue weighted by molar-refractivity contribution is -0.391. The van der Waals surface area contributed by atoms with Gasteiger partial charge in [-0.1, -0.05) is 30.1 Å². The van der Waals surface area contributed by atoms with E-state index in [-0.39, 0.29) is 44.2 Å². The van der Waals surface area contributed by atoms with Crippen LogP contribution in [0.1, 0.15) is 6.92 Å². The molecule has 3 heterocycles. The number of hydrogen-bond acceptors (Lipinski definition) is 6. The highest BCUT2D eigenvalue weighted by atomic mass is 35.5. The van der Waals surface area contributed by atoms with Gasteiger partial charge in [-0.3, -0.25) is 0 Å². The Morgan fingerprint density at radius 3 is 2.11 bits per heavy atom. The van der Waals surface area contributed by atoms with Gasteiger partial charge in [-0.2, -0.15) is 17.6 Å². The largest absolute Gasteiger partial charge is 0.507 e. The quantitative estimate of drug-likeness (QED) is 0.289. The lowest BCUT2D eigenvalue weighted by atomic mass is 10.2. The van der Waals surface area contributed by atoms with Crippen LogP contribution in [0, 0.1) is 0 Å². The summed E-state index contributed by atoms with van der Waals surface area (Å²) in [6.07, 6.45) is -9.80. The van der Waals surface area contributed by atoms with Crippen LogP contribution in [0.5, 0.6) is 11.5 Å². The summed E-state index contributed by atoms with van der Waals surface area (Å²) in [6, 6.07) is 6.74. The summed E-state index contributed by atoms with van der Waals surface area (Å²) in [5.74, 6) is -1.27. The Labute approximate surface area is 217 Å². The Morgan fingerprint density at radius 2 is 1.51 bits per heavy atom. The number of sulfone groups is 1. The molecule has 1 aliphatic heterocycles. The average molecular weight is 579 g/mol. The summed E-state index contributed by atoms with van der Waals surface area (Å²) in [7, 11) is -0.880. The van der Waals surface area contributed by atoms with Crippen LogP contribution >= 0.6 is 23.2 Å². The van der Waals surface area contributed by atoms with Gasteiger partial charge < -0.3 is 18.6 Å². The zero-order valence-corrected chi connectivity index (χ0v) is 21.5. The molecule has 2 aromatic heterocycles. The molecule has 0 radical (unpaired) electrons. The van der Waals surface area contributed by atoms with E-state index in [1.54, 1.807) is 6.07 Å². The molecule has 0 atom stereocenters. The second-order valence-corrected chi connectivity index (χ2v) is 11.2. The first-order valence-corrected chi connectivity index (χ1v) is 13.0. The van der Waals surface area contributed by atoms with Crippen LogP contribution in [0.15, 0.2) is 35.4 Å². The van der Waals surface area contributed by atoms with Crippen LogP contribution < -0.4 is 9.47 Å². The topological polar surface area (TPSA) is 88.2 Å².